The molecule has 0 aromatic rings. The van der Waals surface area contributed by atoms with Crippen LogP contribution in [0, 0.1) is 0 Å². The zero-order valence-electron chi connectivity index (χ0n) is 54.2. The Labute approximate surface area is 513 Å². The third-order valence-electron chi connectivity index (χ3n) is 14.6. The van der Waals surface area contributed by atoms with Crippen LogP contribution in [-0.4, -0.2) is 37.2 Å². The molecule has 0 spiro atoms. The fraction of sp³-hybridized carbons (Fsp3) is 0.675. The van der Waals surface area contributed by atoms with E-state index in [4.69, 9.17) is 14.2 Å². The van der Waals surface area contributed by atoms with Crippen molar-refractivity contribution >= 4 is 17.9 Å². The molecule has 6 heteroatoms. The van der Waals surface area contributed by atoms with E-state index in [9.17, 15) is 14.4 Å². The molecule has 0 heterocycles. The summed E-state index contributed by atoms with van der Waals surface area (Å²) in [5, 5.41) is 0. The van der Waals surface area contributed by atoms with Crippen LogP contribution in [0.15, 0.2) is 134 Å². The quantitative estimate of drug-likeness (QED) is 0.0261. The van der Waals surface area contributed by atoms with Gasteiger partial charge in [-0.15, -0.1) is 0 Å². The summed E-state index contributed by atoms with van der Waals surface area (Å²) in [7, 11) is 0. The van der Waals surface area contributed by atoms with Gasteiger partial charge in [-0.3, -0.25) is 14.4 Å². The van der Waals surface area contributed by atoms with E-state index in [1.54, 1.807) is 0 Å². The molecule has 0 aromatic heterocycles. The zero-order chi connectivity index (χ0) is 59.9. The van der Waals surface area contributed by atoms with Crippen molar-refractivity contribution in [3.63, 3.8) is 0 Å². The molecule has 0 bridgehead atoms. The third-order valence-corrected chi connectivity index (χ3v) is 14.6. The summed E-state index contributed by atoms with van der Waals surface area (Å²) in [6.45, 7) is 6.38. The van der Waals surface area contributed by atoms with Gasteiger partial charge in [-0.1, -0.05) is 296 Å². The lowest BCUT2D eigenvalue weighted by atomic mass is 10.0. The highest BCUT2D eigenvalue weighted by Gasteiger charge is 2.19. The van der Waals surface area contributed by atoms with E-state index in [0.717, 1.165) is 148 Å². The molecule has 0 saturated carbocycles. The van der Waals surface area contributed by atoms with Gasteiger partial charge in [0.05, 0.1) is 0 Å². The summed E-state index contributed by atoms with van der Waals surface area (Å²) >= 11 is 0. The molecule has 0 aromatic carbocycles. The van der Waals surface area contributed by atoms with Gasteiger partial charge in [-0.2, -0.15) is 0 Å². The largest absolute Gasteiger partial charge is 0.462 e. The normalized spacial score (nSPS) is 13.0. The number of hydrogen-bond acceptors (Lipinski definition) is 6. The van der Waals surface area contributed by atoms with Gasteiger partial charge in [-0.25, -0.2) is 0 Å². The molecule has 0 aliphatic rings. The van der Waals surface area contributed by atoms with Crippen molar-refractivity contribution in [2.45, 2.75) is 322 Å². The topological polar surface area (TPSA) is 78.9 Å². The molecule has 0 radical (unpaired) electrons. The Kier molecular flexibility index (Phi) is 66.3. The lowest BCUT2D eigenvalue weighted by Crippen LogP contribution is -2.30. The average Bonchev–Trinajstić information content (AvgIpc) is 3.49. The summed E-state index contributed by atoms with van der Waals surface area (Å²) in [5.74, 6) is -0.942. The molecule has 1 atom stereocenters. The maximum absolute atomic E-state index is 12.9. The molecular formula is C77H128O6. The Morgan fingerprint density at radius 2 is 0.470 bits per heavy atom. The smallest absolute Gasteiger partial charge is 0.306 e. The van der Waals surface area contributed by atoms with Gasteiger partial charge in [0.2, 0.25) is 0 Å². The van der Waals surface area contributed by atoms with Crippen LogP contribution in [0.25, 0.3) is 0 Å². The van der Waals surface area contributed by atoms with Gasteiger partial charge >= 0.3 is 17.9 Å². The Morgan fingerprint density at radius 3 is 0.747 bits per heavy atom. The zero-order valence-corrected chi connectivity index (χ0v) is 54.2. The van der Waals surface area contributed by atoms with Gasteiger partial charge < -0.3 is 14.2 Å². The molecule has 6 nitrogen and oxygen atoms in total. The van der Waals surface area contributed by atoms with Crippen molar-refractivity contribution in [2.75, 3.05) is 13.2 Å². The minimum absolute atomic E-state index is 0.0978. The molecule has 0 aliphatic carbocycles. The molecule has 0 saturated heterocycles. The van der Waals surface area contributed by atoms with Gasteiger partial charge in [0, 0.05) is 19.3 Å². The van der Waals surface area contributed by atoms with Crippen LogP contribution >= 0.6 is 0 Å². The van der Waals surface area contributed by atoms with Crippen molar-refractivity contribution < 1.29 is 28.6 Å². The number of unbranched alkanes of at least 4 members (excludes halogenated alkanes) is 29. The molecule has 0 aliphatic heterocycles. The number of carbonyl (C=O) groups excluding carboxylic acids is 3. The molecule has 83 heavy (non-hydrogen) atoms. The second-order valence-corrected chi connectivity index (χ2v) is 22.7. The number of ether oxygens (including phenoxy) is 3. The van der Waals surface area contributed by atoms with E-state index in [0.29, 0.717) is 19.3 Å². The predicted octanol–water partition coefficient (Wildman–Crippen LogP) is 24.1. The number of rotatable bonds is 62. The average molecular weight is 1150 g/mol. The molecule has 0 fully saturated rings. The van der Waals surface area contributed by atoms with Crippen molar-refractivity contribution in [2.24, 2.45) is 0 Å². The highest BCUT2D eigenvalue weighted by molar-refractivity contribution is 5.71. The van der Waals surface area contributed by atoms with E-state index in [-0.39, 0.29) is 31.1 Å². The maximum atomic E-state index is 12.9. The Bertz CT molecular complexity index is 1750. The van der Waals surface area contributed by atoms with E-state index in [1.165, 1.54) is 128 Å². The summed E-state index contributed by atoms with van der Waals surface area (Å²) in [6.07, 6.45) is 99.1. The fourth-order valence-corrected chi connectivity index (χ4v) is 9.49. The van der Waals surface area contributed by atoms with Crippen LogP contribution < -0.4 is 0 Å². The lowest BCUT2D eigenvalue weighted by molar-refractivity contribution is -0.167. The van der Waals surface area contributed by atoms with E-state index in [2.05, 4.69) is 154 Å². The van der Waals surface area contributed by atoms with Crippen LogP contribution in [-0.2, 0) is 28.6 Å². The number of hydrogen-bond donors (Lipinski definition) is 0. The maximum Gasteiger partial charge on any atom is 0.306 e. The fourth-order valence-electron chi connectivity index (χ4n) is 9.49. The first-order valence-electron chi connectivity index (χ1n) is 34.7. The molecule has 0 rings (SSSR count). The number of esters is 3. The second-order valence-electron chi connectivity index (χ2n) is 22.7. The summed E-state index contributed by atoms with van der Waals surface area (Å²) in [5.41, 5.74) is 0. The monoisotopic (exact) mass is 1150 g/mol. The van der Waals surface area contributed by atoms with Crippen LogP contribution in [0.2, 0.25) is 0 Å². The van der Waals surface area contributed by atoms with E-state index in [1.807, 2.05) is 0 Å². The number of carbonyl (C=O) groups is 3. The van der Waals surface area contributed by atoms with Crippen LogP contribution in [0.1, 0.15) is 316 Å². The van der Waals surface area contributed by atoms with Gasteiger partial charge in [0.1, 0.15) is 13.2 Å². The van der Waals surface area contributed by atoms with Crippen molar-refractivity contribution in [1.82, 2.24) is 0 Å². The SMILES string of the molecule is CC/C=C\C/C=C\C/C=C\C/C=C\C/C=C\CCCCCCCC(=O)OC(COC(=O)CCCCC/C=C\C/C=C\C/C=C\CC)COC(=O)CCCCCCCCCCCCCCCCCC/C=C\C/C=C\C/C=C\CCCCCCC. The molecule has 472 valence electrons. The van der Waals surface area contributed by atoms with Gasteiger partial charge in [0.15, 0.2) is 6.10 Å². The van der Waals surface area contributed by atoms with Gasteiger partial charge in [-0.05, 0) is 135 Å². The molecular weight excluding hydrogens is 1020 g/mol. The van der Waals surface area contributed by atoms with Crippen molar-refractivity contribution in [1.29, 1.82) is 0 Å². The first-order valence-corrected chi connectivity index (χ1v) is 34.7. The standard InChI is InChI=1S/C77H128O6/c1-4-7-10-13-16-19-22-25-27-29-31-33-34-35-36-37-38-39-40-41-42-44-45-47-49-52-55-58-61-64-67-70-76(79)82-73-74(72-81-75(78)69-66-63-60-57-54-51-24-21-18-15-12-9-6-3)83-77(80)71-68-65-62-59-56-53-50-48-46-43-32-30-28-26-23-20-17-14-11-8-5-2/h8-9,11-12,17-18,20-22,25-26,28-29,31-32,34-35,43,48,50-51,54,74H,4-7,10,13-16,19,23-24,27,30,33,36-42,44-47,49,52-53,55-73H2,1-3H3/b11-8-,12-9-,20-17-,21-18-,25-22-,28-26-,31-29-,35-34-,43-32-,50-48-,54-51-. The third kappa shape index (κ3) is 68.2. The minimum atomic E-state index is -0.806. The minimum Gasteiger partial charge on any atom is -0.462 e. The predicted molar refractivity (Wildman–Crippen MR) is 362 cm³/mol. The highest BCUT2D eigenvalue weighted by atomic mass is 16.6. The van der Waals surface area contributed by atoms with Crippen LogP contribution in [0.3, 0.4) is 0 Å². The van der Waals surface area contributed by atoms with Crippen LogP contribution in [0.4, 0.5) is 0 Å². The second kappa shape index (κ2) is 70.0. The molecule has 0 N–H and O–H groups in total. The van der Waals surface area contributed by atoms with Crippen molar-refractivity contribution in [3.8, 4) is 0 Å². The molecule has 1 unspecified atom stereocenters. The summed E-state index contributed by atoms with van der Waals surface area (Å²) in [4.78, 5) is 38.4. The van der Waals surface area contributed by atoms with E-state index < -0.39 is 6.10 Å². The summed E-state index contributed by atoms with van der Waals surface area (Å²) < 4.78 is 16.9. The lowest BCUT2D eigenvalue weighted by Gasteiger charge is -2.18. The van der Waals surface area contributed by atoms with Crippen molar-refractivity contribution in [3.05, 3.63) is 134 Å². The highest BCUT2D eigenvalue weighted by Crippen LogP contribution is 2.16. The Morgan fingerprint density at radius 1 is 0.253 bits per heavy atom. The van der Waals surface area contributed by atoms with Crippen LogP contribution in [0.5, 0.6) is 0 Å². The Balaban J connectivity index is 4.29. The summed E-state index contributed by atoms with van der Waals surface area (Å²) in [6, 6.07) is 0. The molecule has 0 amide bonds. The first-order chi connectivity index (χ1) is 41.0. The first kappa shape index (κ1) is 78.5. The number of allylic oxidation sites excluding steroid dienone is 22. The Hall–Kier alpha value is -4.45. The van der Waals surface area contributed by atoms with Gasteiger partial charge in [0.25, 0.3) is 0 Å². The van der Waals surface area contributed by atoms with E-state index >= 15 is 0 Å².